The molecule has 0 bridgehead atoms. The number of aliphatic hydroxyl groups is 1. The van der Waals surface area contributed by atoms with Crippen LogP contribution in [0.2, 0.25) is 5.02 Å². The Morgan fingerprint density at radius 1 is 1.04 bits per heavy atom. The molecule has 2 aromatic heterocycles. The van der Waals surface area contributed by atoms with Gasteiger partial charge < -0.3 is 9.51 Å². The Kier molecular flexibility index (Phi) is 4.64. The summed E-state index contributed by atoms with van der Waals surface area (Å²) >= 11 is 5.82. The van der Waals surface area contributed by atoms with E-state index in [-0.39, 0.29) is 16.8 Å². The highest BCUT2D eigenvalue weighted by molar-refractivity contribution is 6.30. The van der Waals surface area contributed by atoms with Crippen LogP contribution in [0.4, 0.5) is 4.39 Å². The molecule has 1 aromatic carbocycles. The number of rotatable bonds is 4. The van der Waals surface area contributed by atoms with Crippen LogP contribution < -0.4 is 0 Å². The van der Waals surface area contributed by atoms with Crippen LogP contribution in [0.25, 0.3) is 5.52 Å². The van der Waals surface area contributed by atoms with Crippen molar-refractivity contribution in [3.63, 3.8) is 0 Å². The van der Waals surface area contributed by atoms with E-state index >= 15 is 0 Å². The number of aromatic nitrogens is 2. The van der Waals surface area contributed by atoms with Crippen molar-refractivity contribution in [1.82, 2.24) is 9.38 Å². The van der Waals surface area contributed by atoms with Gasteiger partial charge in [-0.3, -0.25) is 0 Å². The quantitative estimate of drug-likeness (QED) is 0.584. The Morgan fingerprint density at radius 3 is 2.50 bits per heavy atom. The fourth-order valence-corrected chi connectivity index (χ4v) is 4.96. The van der Waals surface area contributed by atoms with Gasteiger partial charge in [-0.25, -0.2) is 9.37 Å². The minimum Gasteiger partial charge on any atom is -0.387 e. The van der Waals surface area contributed by atoms with Crippen LogP contribution in [0.15, 0.2) is 42.9 Å². The molecule has 0 radical (unpaired) electrons. The predicted molar refractivity (Wildman–Crippen MR) is 108 cm³/mol. The van der Waals surface area contributed by atoms with E-state index in [4.69, 9.17) is 11.6 Å². The highest BCUT2D eigenvalue weighted by Gasteiger charge is 2.34. The van der Waals surface area contributed by atoms with Crippen molar-refractivity contribution in [1.29, 1.82) is 0 Å². The van der Waals surface area contributed by atoms with Gasteiger partial charge in [-0.05, 0) is 85.6 Å². The second-order valence-electron chi connectivity index (χ2n) is 8.37. The van der Waals surface area contributed by atoms with Crippen LogP contribution in [0.1, 0.15) is 73.3 Å². The summed E-state index contributed by atoms with van der Waals surface area (Å²) in [6, 6.07) is 9.43. The summed E-state index contributed by atoms with van der Waals surface area (Å²) in [6.07, 6.45) is 9.38. The smallest absolute Gasteiger partial charge is 0.142 e. The first-order valence-electron chi connectivity index (χ1n) is 10.2. The second kappa shape index (κ2) is 7.16. The Bertz CT molecular complexity index is 1010. The molecule has 3 nitrogen and oxygen atoms in total. The minimum atomic E-state index is -0.489. The zero-order chi connectivity index (χ0) is 19.3. The van der Waals surface area contributed by atoms with E-state index in [0.29, 0.717) is 11.8 Å². The minimum absolute atomic E-state index is 0.175. The molecular weight excluding hydrogens is 375 g/mol. The van der Waals surface area contributed by atoms with Gasteiger partial charge in [0.1, 0.15) is 5.82 Å². The SMILES string of the molecule is O[C@H](c1c(C2CC2)ccc2cncn12)C1CCC(c2ccc(Cl)c(F)c2)CC1. The summed E-state index contributed by atoms with van der Waals surface area (Å²) in [7, 11) is 0. The van der Waals surface area contributed by atoms with Crippen molar-refractivity contribution in [3.8, 4) is 0 Å². The van der Waals surface area contributed by atoms with E-state index in [9.17, 15) is 9.50 Å². The molecule has 2 aliphatic carbocycles. The second-order valence-corrected chi connectivity index (χ2v) is 8.77. The number of hydrogen-bond donors (Lipinski definition) is 1. The van der Waals surface area contributed by atoms with Gasteiger partial charge in [-0.2, -0.15) is 0 Å². The monoisotopic (exact) mass is 398 g/mol. The van der Waals surface area contributed by atoms with Crippen LogP contribution in [0.3, 0.4) is 0 Å². The van der Waals surface area contributed by atoms with E-state index in [0.717, 1.165) is 42.5 Å². The molecule has 28 heavy (non-hydrogen) atoms. The van der Waals surface area contributed by atoms with Gasteiger partial charge in [-0.1, -0.05) is 23.7 Å². The Labute approximate surface area is 169 Å². The highest BCUT2D eigenvalue weighted by atomic mass is 35.5. The summed E-state index contributed by atoms with van der Waals surface area (Å²) in [4.78, 5) is 4.28. The number of benzene rings is 1. The van der Waals surface area contributed by atoms with E-state index in [1.54, 1.807) is 12.1 Å². The molecule has 1 atom stereocenters. The van der Waals surface area contributed by atoms with E-state index in [1.165, 1.54) is 18.4 Å². The van der Waals surface area contributed by atoms with Crippen LogP contribution >= 0.6 is 11.6 Å². The molecule has 2 fully saturated rings. The van der Waals surface area contributed by atoms with Gasteiger partial charge >= 0.3 is 0 Å². The number of fused-ring (bicyclic) bond motifs is 1. The van der Waals surface area contributed by atoms with E-state index in [1.807, 2.05) is 18.6 Å². The zero-order valence-electron chi connectivity index (χ0n) is 15.7. The lowest BCUT2D eigenvalue weighted by molar-refractivity contribution is 0.0754. The van der Waals surface area contributed by atoms with E-state index < -0.39 is 6.10 Å². The lowest BCUT2D eigenvalue weighted by Gasteiger charge is -2.33. The largest absolute Gasteiger partial charge is 0.387 e. The van der Waals surface area contributed by atoms with Crippen LogP contribution in [-0.4, -0.2) is 14.5 Å². The van der Waals surface area contributed by atoms with Crippen molar-refractivity contribution >= 4 is 17.1 Å². The van der Waals surface area contributed by atoms with Crippen molar-refractivity contribution < 1.29 is 9.50 Å². The van der Waals surface area contributed by atoms with Crippen molar-refractivity contribution in [2.75, 3.05) is 0 Å². The normalized spacial score (nSPS) is 23.8. The molecule has 0 saturated heterocycles. The molecule has 2 saturated carbocycles. The van der Waals surface area contributed by atoms with Gasteiger partial charge in [-0.15, -0.1) is 0 Å². The number of nitrogens with zero attached hydrogens (tertiary/aromatic N) is 2. The third kappa shape index (κ3) is 3.23. The molecule has 5 rings (SSSR count). The summed E-state index contributed by atoms with van der Waals surface area (Å²) in [5, 5.41) is 11.5. The van der Waals surface area contributed by atoms with Crippen molar-refractivity contribution in [3.05, 3.63) is 70.5 Å². The topological polar surface area (TPSA) is 37.5 Å². The van der Waals surface area contributed by atoms with Gasteiger partial charge in [0, 0.05) is 0 Å². The van der Waals surface area contributed by atoms with Crippen LogP contribution in [0.5, 0.6) is 0 Å². The molecule has 0 amide bonds. The molecule has 5 heteroatoms. The third-order valence-electron chi connectivity index (χ3n) is 6.59. The molecule has 1 N–H and O–H groups in total. The lowest BCUT2D eigenvalue weighted by Crippen LogP contribution is -2.22. The first kappa shape index (κ1) is 18.1. The molecule has 0 unspecified atom stereocenters. The first-order valence-corrected chi connectivity index (χ1v) is 10.6. The van der Waals surface area contributed by atoms with Crippen molar-refractivity contribution in [2.24, 2.45) is 5.92 Å². The zero-order valence-corrected chi connectivity index (χ0v) is 16.4. The van der Waals surface area contributed by atoms with Crippen molar-refractivity contribution in [2.45, 2.75) is 56.5 Å². The molecule has 146 valence electrons. The molecule has 2 heterocycles. The Balaban J connectivity index is 1.37. The fraction of sp³-hybridized carbons (Fsp3) is 0.435. The third-order valence-corrected chi connectivity index (χ3v) is 6.89. The predicted octanol–water partition coefficient (Wildman–Crippen LogP) is 6.01. The fourth-order valence-electron chi connectivity index (χ4n) is 4.84. The highest BCUT2D eigenvalue weighted by Crippen LogP contribution is 2.47. The number of aliphatic hydroxyl groups excluding tert-OH is 1. The maximum Gasteiger partial charge on any atom is 0.142 e. The Morgan fingerprint density at radius 2 is 1.79 bits per heavy atom. The molecular formula is C23H24ClFN2O. The maximum absolute atomic E-state index is 13.8. The summed E-state index contributed by atoms with van der Waals surface area (Å²) in [6.45, 7) is 0. The molecule has 2 aliphatic rings. The maximum atomic E-state index is 13.8. The molecule has 0 spiro atoms. The van der Waals surface area contributed by atoms with E-state index in [2.05, 4.69) is 21.5 Å². The van der Waals surface area contributed by atoms with Gasteiger partial charge in [0.05, 0.1) is 34.9 Å². The van der Waals surface area contributed by atoms with Gasteiger partial charge in [0.15, 0.2) is 0 Å². The lowest BCUT2D eigenvalue weighted by atomic mass is 9.75. The standard InChI is InChI=1S/C23H24ClFN2O/c24-20-10-7-17(11-21(20)25)14-1-5-16(6-2-14)23(28)22-19(15-3-4-15)9-8-18-12-26-13-27(18)22/h7-16,23,28H,1-6H2/t14?,16?,23-/m0/s1. The summed E-state index contributed by atoms with van der Waals surface area (Å²) in [5.74, 6) is 0.785. The number of imidazole rings is 1. The average molecular weight is 399 g/mol. The Hall–Kier alpha value is -1.91. The first-order chi connectivity index (χ1) is 13.6. The van der Waals surface area contributed by atoms with Gasteiger partial charge in [0.2, 0.25) is 0 Å². The number of halogens is 2. The van der Waals surface area contributed by atoms with Crippen LogP contribution in [0, 0.1) is 11.7 Å². The van der Waals surface area contributed by atoms with Gasteiger partial charge in [0.25, 0.3) is 0 Å². The molecule has 0 aliphatic heterocycles. The summed E-state index contributed by atoms with van der Waals surface area (Å²) in [5.41, 5.74) is 4.35. The number of pyridine rings is 1. The number of hydrogen-bond acceptors (Lipinski definition) is 2. The van der Waals surface area contributed by atoms with Crippen LogP contribution in [-0.2, 0) is 0 Å². The molecule has 3 aromatic rings. The summed E-state index contributed by atoms with van der Waals surface area (Å²) < 4.78 is 15.9. The average Bonchev–Trinajstić information content (AvgIpc) is 3.45.